The first-order valence-corrected chi connectivity index (χ1v) is 7.69. The molecule has 4 atom stereocenters. The molecule has 0 aromatic rings. The molecule has 11 nitrogen and oxygen atoms in total. The Bertz CT molecular complexity index is 646. The van der Waals surface area contributed by atoms with E-state index in [1.807, 2.05) is 0 Å². The maximum atomic E-state index is 12.3. The maximum Gasteiger partial charge on any atom is 0.339 e. The lowest BCUT2D eigenvalue weighted by Gasteiger charge is -2.45. The van der Waals surface area contributed by atoms with Crippen LogP contribution in [0.2, 0.25) is 0 Å². The average molecular weight is 357 g/mol. The number of fused-ring (bicyclic) bond motifs is 2. The molecule has 1 aliphatic carbocycles. The van der Waals surface area contributed by atoms with Gasteiger partial charge in [0.1, 0.15) is 29.3 Å². The maximum absolute atomic E-state index is 12.3. The fraction of sp³-hybridized carbons (Fsp3) is 0.643. The molecule has 0 spiro atoms. The third kappa shape index (κ3) is 2.96. The molecule has 1 saturated heterocycles. The molecule has 2 aliphatic rings. The highest BCUT2D eigenvalue weighted by Gasteiger charge is 2.61. The molecular weight excluding hydrogens is 338 g/mol. The van der Waals surface area contributed by atoms with Crippen LogP contribution in [0.15, 0.2) is 11.3 Å². The predicted molar refractivity (Wildman–Crippen MR) is 81.1 cm³/mol. The molecule has 2 N–H and O–H groups in total. The number of rotatable bonds is 5. The van der Waals surface area contributed by atoms with E-state index in [1.165, 1.54) is 20.9 Å². The molecule has 0 aromatic heterocycles. The van der Waals surface area contributed by atoms with Crippen molar-refractivity contribution >= 4 is 18.0 Å². The largest absolute Gasteiger partial charge is 0.511 e. The topological polar surface area (TPSA) is 148 Å². The lowest BCUT2D eigenvalue weighted by molar-refractivity contribution is -0.535. The lowest BCUT2D eigenvalue weighted by atomic mass is 9.75. The summed E-state index contributed by atoms with van der Waals surface area (Å²) in [6.45, 7) is 2.96. The van der Waals surface area contributed by atoms with Crippen molar-refractivity contribution in [2.45, 2.75) is 32.0 Å². The summed E-state index contributed by atoms with van der Waals surface area (Å²) in [6, 6.07) is -4.96. The second-order valence-corrected chi connectivity index (χ2v) is 5.56. The van der Waals surface area contributed by atoms with Crippen LogP contribution in [-0.4, -0.2) is 71.3 Å². The van der Waals surface area contributed by atoms with Gasteiger partial charge < -0.3 is 24.8 Å². The Morgan fingerprint density at radius 3 is 2.44 bits per heavy atom. The number of nitro groups is 1. The number of ether oxygens (including phenoxy) is 2. The molecule has 1 heterocycles. The van der Waals surface area contributed by atoms with E-state index in [0.717, 1.165) is 4.90 Å². The number of likely N-dealkylation sites (N-methyl/N-ethyl adjacent to an activating group) is 1. The average Bonchev–Trinajstić information content (AvgIpc) is 2.52. The molecule has 138 valence electrons. The fourth-order valence-electron chi connectivity index (χ4n) is 3.19. The molecular formula is C14H19N3O8. The number of urea groups is 1. The Hall–Kier alpha value is -2.85. The highest BCUT2D eigenvalue weighted by atomic mass is 16.6. The zero-order valence-electron chi connectivity index (χ0n) is 13.9. The molecule has 1 aliphatic heterocycles. The van der Waals surface area contributed by atoms with E-state index in [-0.39, 0.29) is 13.2 Å². The van der Waals surface area contributed by atoms with Gasteiger partial charge in [0.25, 0.3) is 6.04 Å². The van der Waals surface area contributed by atoms with Crippen LogP contribution in [0, 0.1) is 16.0 Å². The molecule has 0 saturated carbocycles. The van der Waals surface area contributed by atoms with E-state index in [4.69, 9.17) is 9.47 Å². The summed E-state index contributed by atoms with van der Waals surface area (Å²) in [7, 11) is 1.25. The molecule has 2 rings (SSSR count). The first-order valence-electron chi connectivity index (χ1n) is 7.69. The lowest BCUT2D eigenvalue weighted by Crippen LogP contribution is -2.72. The molecule has 25 heavy (non-hydrogen) atoms. The van der Waals surface area contributed by atoms with Gasteiger partial charge in [-0.3, -0.25) is 14.9 Å². The summed E-state index contributed by atoms with van der Waals surface area (Å²) in [5.41, 5.74) is -0.477. The molecule has 1 fully saturated rings. The molecule has 2 amide bonds. The van der Waals surface area contributed by atoms with Crippen molar-refractivity contribution in [3.05, 3.63) is 21.4 Å². The zero-order chi connectivity index (χ0) is 18.9. The summed E-state index contributed by atoms with van der Waals surface area (Å²) in [4.78, 5) is 48.5. The highest BCUT2D eigenvalue weighted by Crippen LogP contribution is 2.37. The van der Waals surface area contributed by atoms with Crippen LogP contribution in [-0.2, 0) is 19.1 Å². The van der Waals surface area contributed by atoms with Crippen LogP contribution in [0.5, 0.6) is 0 Å². The second-order valence-electron chi connectivity index (χ2n) is 5.56. The van der Waals surface area contributed by atoms with Crippen molar-refractivity contribution in [2.75, 3.05) is 20.3 Å². The van der Waals surface area contributed by atoms with Gasteiger partial charge in [-0.25, -0.2) is 9.59 Å². The standard InChI is InChI=1S/C14H19N3O8/c1-4-24-12(19)6-8-10(17(22)23)9(16(3)14(21)15-8)7(11(6)18)13(20)25-5-2/h6,8-10,18H,4-5H2,1-3H3,(H,15,21)/t6-,8-,9-,10-/m1/s1. The van der Waals surface area contributed by atoms with Crippen molar-refractivity contribution in [3.8, 4) is 0 Å². The summed E-state index contributed by atoms with van der Waals surface area (Å²) in [6.07, 6.45) is 0. The number of hydrogen-bond acceptors (Lipinski definition) is 8. The van der Waals surface area contributed by atoms with Gasteiger partial charge in [-0.05, 0) is 13.8 Å². The molecule has 2 bridgehead atoms. The number of amides is 2. The second kappa shape index (κ2) is 6.95. The first kappa shape index (κ1) is 18.5. The van der Waals surface area contributed by atoms with Gasteiger partial charge in [0.15, 0.2) is 0 Å². The van der Waals surface area contributed by atoms with Crippen molar-refractivity contribution in [1.29, 1.82) is 0 Å². The summed E-state index contributed by atoms with van der Waals surface area (Å²) < 4.78 is 9.70. The first-order chi connectivity index (χ1) is 11.8. The smallest absolute Gasteiger partial charge is 0.339 e. The minimum atomic E-state index is -1.57. The van der Waals surface area contributed by atoms with E-state index < -0.39 is 58.3 Å². The van der Waals surface area contributed by atoms with Crippen LogP contribution in [0.3, 0.4) is 0 Å². The van der Waals surface area contributed by atoms with Crippen LogP contribution < -0.4 is 5.32 Å². The van der Waals surface area contributed by atoms with E-state index in [9.17, 15) is 29.6 Å². The number of esters is 2. The number of nitrogens with zero attached hydrogens (tertiary/aromatic N) is 2. The number of carbonyl (C=O) groups is 3. The SMILES string of the molecule is CCOC(=O)C1=C(O)[C@H](C(=O)OCC)[C@H]2NC(=O)N(C)[C@H]1[C@@H]2[N+](=O)[O-]. The number of aliphatic hydroxyl groups is 1. The number of carbonyl (C=O) groups excluding carboxylic acids is 3. The Balaban J connectivity index is 2.66. The minimum Gasteiger partial charge on any atom is -0.511 e. The van der Waals surface area contributed by atoms with Crippen molar-refractivity contribution in [3.63, 3.8) is 0 Å². The van der Waals surface area contributed by atoms with Gasteiger partial charge in [-0.1, -0.05) is 0 Å². The van der Waals surface area contributed by atoms with E-state index in [1.54, 1.807) is 0 Å². The van der Waals surface area contributed by atoms with Gasteiger partial charge >= 0.3 is 18.0 Å². The Morgan fingerprint density at radius 1 is 1.32 bits per heavy atom. The predicted octanol–water partition coefficient (Wildman–Crippen LogP) is -0.408. The summed E-state index contributed by atoms with van der Waals surface area (Å²) in [5.74, 6) is -4.24. The number of nitrogens with one attached hydrogen (secondary N) is 1. The zero-order valence-corrected chi connectivity index (χ0v) is 13.9. The van der Waals surface area contributed by atoms with E-state index >= 15 is 0 Å². The number of hydrogen-bond donors (Lipinski definition) is 2. The molecule has 0 radical (unpaired) electrons. The summed E-state index contributed by atoms with van der Waals surface area (Å²) in [5, 5.41) is 24.4. The highest BCUT2D eigenvalue weighted by molar-refractivity contribution is 5.95. The van der Waals surface area contributed by atoms with Crippen molar-refractivity contribution in [2.24, 2.45) is 5.92 Å². The third-order valence-corrected chi connectivity index (χ3v) is 4.22. The van der Waals surface area contributed by atoms with Crippen LogP contribution in [0.1, 0.15) is 13.8 Å². The summed E-state index contributed by atoms with van der Waals surface area (Å²) >= 11 is 0. The van der Waals surface area contributed by atoms with Crippen molar-refractivity contribution < 1.29 is 33.9 Å². The number of aliphatic hydroxyl groups excluding tert-OH is 1. The molecule has 0 unspecified atom stereocenters. The van der Waals surface area contributed by atoms with Gasteiger partial charge in [0, 0.05) is 12.0 Å². The van der Waals surface area contributed by atoms with Gasteiger partial charge in [-0.15, -0.1) is 0 Å². The molecule has 0 aromatic carbocycles. The third-order valence-electron chi connectivity index (χ3n) is 4.22. The normalized spacial score (nSPS) is 28.3. The van der Waals surface area contributed by atoms with Crippen LogP contribution >= 0.6 is 0 Å². The molecule has 11 heteroatoms. The quantitative estimate of drug-likeness (QED) is 0.383. The van der Waals surface area contributed by atoms with E-state index in [0.29, 0.717) is 0 Å². The van der Waals surface area contributed by atoms with E-state index in [2.05, 4.69) is 5.32 Å². The fourth-order valence-corrected chi connectivity index (χ4v) is 3.19. The Morgan fingerprint density at radius 2 is 1.92 bits per heavy atom. The Labute approximate surface area is 142 Å². The van der Waals surface area contributed by atoms with Gasteiger partial charge in [0.05, 0.1) is 13.2 Å². The van der Waals surface area contributed by atoms with Crippen LogP contribution in [0.4, 0.5) is 4.79 Å². The van der Waals surface area contributed by atoms with Gasteiger partial charge in [-0.2, -0.15) is 0 Å². The Kier molecular flexibility index (Phi) is 5.14. The van der Waals surface area contributed by atoms with Gasteiger partial charge in [0.2, 0.25) is 0 Å². The monoisotopic (exact) mass is 357 g/mol. The van der Waals surface area contributed by atoms with Crippen molar-refractivity contribution in [1.82, 2.24) is 10.2 Å². The minimum absolute atomic E-state index is 0.0372. The van der Waals surface area contributed by atoms with Crippen LogP contribution in [0.25, 0.3) is 0 Å².